The number of thioether (sulfide) groups is 1. The zero-order valence-electron chi connectivity index (χ0n) is 17.9. The predicted molar refractivity (Wildman–Crippen MR) is 119 cm³/mol. The summed E-state index contributed by atoms with van der Waals surface area (Å²) in [7, 11) is 0. The number of halogens is 4. The summed E-state index contributed by atoms with van der Waals surface area (Å²) in [5.74, 6) is 1.26. The van der Waals surface area contributed by atoms with Gasteiger partial charge in [0.1, 0.15) is 0 Å². The summed E-state index contributed by atoms with van der Waals surface area (Å²) < 4.78 is 48.5. The smallest absolute Gasteiger partial charge is 0.418 e. The summed E-state index contributed by atoms with van der Waals surface area (Å²) >= 11 is 7.26. The number of alkyl halides is 3. The molecule has 0 spiro atoms. The highest BCUT2D eigenvalue weighted by Crippen LogP contribution is 2.38. The van der Waals surface area contributed by atoms with Crippen molar-refractivity contribution in [1.82, 2.24) is 25.0 Å². The molecular formula is C22H19ClF3N5OS. The lowest BCUT2D eigenvalue weighted by molar-refractivity contribution is -0.137. The molecular weight excluding hydrogens is 475 g/mol. The molecule has 0 aliphatic carbocycles. The average molecular weight is 494 g/mol. The first kappa shape index (κ1) is 23.3. The van der Waals surface area contributed by atoms with Gasteiger partial charge in [0.05, 0.1) is 17.0 Å². The van der Waals surface area contributed by atoms with Gasteiger partial charge in [-0.1, -0.05) is 68.4 Å². The van der Waals surface area contributed by atoms with Crippen molar-refractivity contribution in [1.29, 1.82) is 0 Å². The molecule has 0 unspecified atom stereocenters. The molecule has 6 nitrogen and oxygen atoms in total. The van der Waals surface area contributed by atoms with Crippen LogP contribution in [0.25, 0.3) is 17.1 Å². The lowest BCUT2D eigenvalue weighted by atomic mass is 9.97. The molecule has 0 aliphatic rings. The molecule has 0 saturated carbocycles. The number of rotatable bonds is 5. The minimum absolute atomic E-state index is 0.0895. The molecule has 0 fully saturated rings. The normalized spacial score (nSPS) is 12.3. The number of aromatic nitrogens is 5. The molecule has 0 bridgehead atoms. The van der Waals surface area contributed by atoms with Crippen molar-refractivity contribution < 1.29 is 17.6 Å². The van der Waals surface area contributed by atoms with Crippen molar-refractivity contribution >= 4 is 23.4 Å². The highest BCUT2D eigenvalue weighted by Gasteiger charge is 2.35. The first-order valence-corrected chi connectivity index (χ1v) is 11.2. The maximum Gasteiger partial charge on any atom is 0.418 e. The van der Waals surface area contributed by atoms with Crippen LogP contribution in [-0.4, -0.2) is 25.0 Å². The van der Waals surface area contributed by atoms with Crippen molar-refractivity contribution in [3.8, 4) is 17.1 Å². The minimum Gasteiger partial charge on any atom is -0.424 e. The summed E-state index contributed by atoms with van der Waals surface area (Å²) in [4.78, 5) is 0. The van der Waals surface area contributed by atoms with E-state index in [1.807, 2.05) is 20.8 Å². The summed E-state index contributed by atoms with van der Waals surface area (Å²) in [6, 6.07) is 12.0. The van der Waals surface area contributed by atoms with Crippen LogP contribution in [0.1, 0.15) is 38.1 Å². The van der Waals surface area contributed by atoms with E-state index in [1.54, 1.807) is 24.3 Å². The van der Waals surface area contributed by atoms with Gasteiger partial charge >= 0.3 is 6.18 Å². The maximum atomic E-state index is 13.8. The Bertz CT molecular complexity index is 1280. The largest absolute Gasteiger partial charge is 0.424 e. The van der Waals surface area contributed by atoms with Crippen LogP contribution in [0.15, 0.2) is 58.1 Å². The highest BCUT2D eigenvalue weighted by atomic mass is 35.5. The molecule has 33 heavy (non-hydrogen) atoms. The predicted octanol–water partition coefficient (Wildman–Crippen LogP) is 6.58. The monoisotopic (exact) mass is 493 g/mol. The second-order valence-electron chi connectivity index (χ2n) is 8.21. The molecule has 4 aromatic rings. The van der Waals surface area contributed by atoms with Gasteiger partial charge in [-0.2, -0.15) is 13.2 Å². The Morgan fingerprint density at radius 3 is 2.39 bits per heavy atom. The van der Waals surface area contributed by atoms with Crippen LogP contribution >= 0.6 is 23.4 Å². The van der Waals surface area contributed by atoms with Gasteiger partial charge < -0.3 is 4.42 Å². The van der Waals surface area contributed by atoms with E-state index in [4.69, 9.17) is 16.0 Å². The summed E-state index contributed by atoms with van der Waals surface area (Å²) in [6.07, 6.45) is -4.57. The number of nitrogens with zero attached hydrogens (tertiary/aromatic N) is 5. The third kappa shape index (κ3) is 5.06. The van der Waals surface area contributed by atoms with Crippen molar-refractivity contribution in [2.45, 2.75) is 43.3 Å². The molecule has 2 heterocycles. The van der Waals surface area contributed by atoms with Crippen molar-refractivity contribution in [2.24, 2.45) is 0 Å². The Kier molecular flexibility index (Phi) is 6.24. The summed E-state index contributed by atoms with van der Waals surface area (Å²) in [6.45, 7) is 5.83. The minimum atomic E-state index is -4.57. The van der Waals surface area contributed by atoms with E-state index in [0.29, 0.717) is 22.4 Å². The molecule has 0 atom stereocenters. The molecule has 172 valence electrons. The number of benzene rings is 2. The molecule has 0 amide bonds. The van der Waals surface area contributed by atoms with Gasteiger partial charge in [0.25, 0.3) is 0 Å². The molecule has 2 aromatic carbocycles. The zero-order valence-corrected chi connectivity index (χ0v) is 19.5. The standard InChI is InChI=1S/C22H19ClF3N5OS/c1-21(2,3)19-29-27-17(32-19)12-33-20-30-28-18(13-7-6-8-14(23)11-13)31(20)16-10-5-4-9-15(16)22(24,25)26/h4-11H,12H2,1-3H3. The number of hydrogen-bond acceptors (Lipinski definition) is 6. The second kappa shape index (κ2) is 8.83. The van der Waals surface area contributed by atoms with Gasteiger partial charge in [0.2, 0.25) is 11.8 Å². The quantitative estimate of drug-likeness (QED) is 0.292. The molecule has 0 saturated heterocycles. The van der Waals surface area contributed by atoms with Crippen LogP contribution in [0, 0.1) is 0 Å². The number of para-hydroxylation sites is 1. The van der Waals surface area contributed by atoms with Crippen LogP contribution in [0.2, 0.25) is 5.02 Å². The Morgan fingerprint density at radius 2 is 1.73 bits per heavy atom. The van der Waals surface area contributed by atoms with Gasteiger partial charge in [-0.3, -0.25) is 4.57 Å². The summed E-state index contributed by atoms with van der Waals surface area (Å²) in [5.41, 5.74) is -0.677. The SMILES string of the molecule is CC(C)(C)c1nnc(CSc2nnc(-c3cccc(Cl)c3)n2-c2ccccc2C(F)(F)F)o1. The van der Waals surface area contributed by atoms with Crippen LogP contribution in [0.4, 0.5) is 13.2 Å². The van der Waals surface area contributed by atoms with Crippen LogP contribution in [0.3, 0.4) is 0 Å². The zero-order chi connectivity index (χ0) is 23.8. The fraction of sp³-hybridized carbons (Fsp3) is 0.273. The Balaban J connectivity index is 1.78. The second-order valence-corrected chi connectivity index (χ2v) is 9.59. The van der Waals surface area contributed by atoms with Crippen LogP contribution < -0.4 is 0 Å². The lowest BCUT2D eigenvalue weighted by Crippen LogP contribution is -2.12. The highest BCUT2D eigenvalue weighted by molar-refractivity contribution is 7.98. The van der Waals surface area contributed by atoms with Crippen LogP contribution in [0.5, 0.6) is 0 Å². The summed E-state index contributed by atoms with van der Waals surface area (Å²) in [5, 5.41) is 17.1. The topological polar surface area (TPSA) is 69.6 Å². The van der Waals surface area contributed by atoms with E-state index in [2.05, 4.69) is 20.4 Å². The molecule has 0 radical (unpaired) electrons. The van der Waals surface area contributed by atoms with Crippen molar-refractivity contribution in [2.75, 3.05) is 0 Å². The molecule has 0 aliphatic heterocycles. The van der Waals surface area contributed by atoms with Gasteiger partial charge in [-0.25, -0.2) is 0 Å². The fourth-order valence-corrected chi connectivity index (χ4v) is 4.02. The Hall–Kier alpha value is -2.85. The van der Waals surface area contributed by atoms with E-state index in [9.17, 15) is 13.2 Å². The lowest BCUT2D eigenvalue weighted by Gasteiger charge is -2.16. The van der Waals surface area contributed by atoms with Crippen molar-refractivity contribution in [3.63, 3.8) is 0 Å². The number of hydrogen-bond donors (Lipinski definition) is 0. The van der Waals surface area contributed by atoms with E-state index in [1.165, 1.54) is 22.8 Å². The van der Waals surface area contributed by atoms with E-state index < -0.39 is 11.7 Å². The molecule has 0 N–H and O–H groups in total. The van der Waals surface area contributed by atoms with Gasteiger partial charge in [0, 0.05) is 16.0 Å². The van der Waals surface area contributed by atoms with Gasteiger partial charge in [0.15, 0.2) is 11.0 Å². The average Bonchev–Trinajstić information content (AvgIpc) is 3.38. The van der Waals surface area contributed by atoms with Gasteiger partial charge in [-0.15, -0.1) is 20.4 Å². The first-order valence-electron chi connectivity index (χ1n) is 9.87. The third-order valence-corrected chi connectivity index (χ3v) is 5.75. The Labute approximate surface area is 197 Å². The third-order valence-electron chi connectivity index (χ3n) is 4.60. The first-order chi connectivity index (χ1) is 15.5. The molecule has 2 aromatic heterocycles. The molecule has 4 rings (SSSR count). The molecule has 11 heteroatoms. The van der Waals surface area contributed by atoms with Crippen LogP contribution in [-0.2, 0) is 17.3 Å². The Morgan fingerprint density at radius 1 is 0.970 bits per heavy atom. The fourth-order valence-electron chi connectivity index (χ4n) is 3.04. The van der Waals surface area contributed by atoms with E-state index in [0.717, 1.165) is 17.8 Å². The van der Waals surface area contributed by atoms with E-state index >= 15 is 0 Å². The van der Waals surface area contributed by atoms with Crippen molar-refractivity contribution in [3.05, 3.63) is 70.9 Å². The van der Waals surface area contributed by atoms with Gasteiger partial charge in [-0.05, 0) is 24.3 Å². The van der Waals surface area contributed by atoms with E-state index in [-0.39, 0.29) is 27.8 Å². The maximum absolute atomic E-state index is 13.8.